The molecule has 0 radical (unpaired) electrons. The highest BCUT2D eigenvalue weighted by molar-refractivity contribution is 5.94. The molecule has 2 aliphatic heterocycles. The number of carbonyl (C=O) groups excluding carboxylic acids is 1. The van der Waals surface area contributed by atoms with Crippen molar-refractivity contribution in [3.05, 3.63) is 29.8 Å². The molecule has 0 spiro atoms. The Morgan fingerprint density at radius 3 is 2.84 bits per heavy atom. The van der Waals surface area contributed by atoms with Crippen LogP contribution in [0, 0.1) is 5.41 Å². The summed E-state index contributed by atoms with van der Waals surface area (Å²) < 4.78 is 5.43. The lowest BCUT2D eigenvalue weighted by Crippen LogP contribution is -2.44. The number of aliphatic hydroxyl groups is 1. The maximum Gasteiger partial charge on any atom is 0.228 e. The van der Waals surface area contributed by atoms with Crippen molar-refractivity contribution in [3.8, 4) is 0 Å². The molecule has 5 heteroatoms. The van der Waals surface area contributed by atoms with E-state index in [0.29, 0.717) is 6.42 Å². The molecular formula is C20H30N2O3. The zero-order valence-electron chi connectivity index (χ0n) is 15.2. The molecule has 0 unspecified atom stereocenters. The van der Waals surface area contributed by atoms with E-state index in [1.54, 1.807) is 0 Å². The van der Waals surface area contributed by atoms with Gasteiger partial charge in [-0.05, 0) is 44.4 Å². The zero-order chi connectivity index (χ0) is 17.7. The van der Waals surface area contributed by atoms with Gasteiger partial charge in [0.2, 0.25) is 5.91 Å². The molecular weight excluding hydrogens is 316 g/mol. The van der Waals surface area contributed by atoms with Gasteiger partial charge in [0.05, 0.1) is 6.61 Å². The fraction of sp³-hybridized carbons (Fsp3) is 0.650. The average Bonchev–Trinajstić information content (AvgIpc) is 2.66. The van der Waals surface area contributed by atoms with Gasteiger partial charge in [0.15, 0.2) is 0 Å². The number of ether oxygens (including phenoxy) is 1. The van der Waals surface area contributed by atoms with E-state index in [4.69, 9.17) is 4.74 Å². The van der Waals surface area contributed by atoms with E-state index < -0.39 is 0 Å². The first-order valence-corrected chi connectivity index (χ1v) is 9.39. The Kier molecular flexibility index (Phi) is 6.10. The third-order valence-corrected chi connectivity index (χ3v) is 5.61. The molecule has 1 saturated heterocycles. The van der Waals surface area contributed by atoms with Gasteiger partial charge >= 0.3 is 0 Å². The summed E-state index contributed by atoms with van der Waals surface area (Å²) >= 11 is 0. The lowest BCUT2D eigenvalue weighted by Gasteiger charge is -2.38. The molecule has 0 saturated carbocycles. The summed E-state index contributed by atoms with van der Waals surface area (Å²) in [7, 11) is 2.05. The molecule has 3 rings (SSSR count). The number of benzene rings is 1. The summed E-state index contributed by atoms with van der Waals surface area (Å²) in [5.74, 6) is 0.198. The maximum absolute atomic E-state index is 12.7. The predicted molar refractivity (Wildman–Crippen MR) is 98.8 cm³/mol. The van der Waals surface area contributed by atoms with Crippen LogP contribution in [0.3, 0.4) is 0 Å². The van der Waals surface area contributed by atoms with Crippen LogP contribution in [0.15, 0.2) is 24.3 Å². The standard InChI is InChI=1S/C20H30N2O3/c1-21(15-20(16-23)9-13-25-14-10-20)12-8-19(24)22-11-4-6-17-5-2-3-7-18(17)22/h2-3,5,7,23H,4,6,8-16H2,1H3. The van der Waals surface area contributed by atoms with E-state index >= 15 is 0 Å². The van der Waals surface area contributed by atoms with Crippen LogP contribution in [0.4, 0.5) is 5.69 Å². The second-order valence-corrected chi connectivity index (χ2v) is 7.54. The highest BCUT2D eigenvalue weighted by Gasteiger charge is 2.33. The molecule has 1 aromatic rings. The second-order valence-electron chi connectivity index (χ2n) is 7.54. The van der Waals surface area contributed by atoms with Crippen LogP contribution in [0.25, 0.3) is 0 Å². The van der Waals surface area contributed by atoms with Gasteiger partial charge in [0, 0.05) is 50.4 Å². The fourth-order valence-corrected chi connectivity index (χ4v) is 4.04. The summed E-state index contributed by atoms with van der Waals surface area (Å²) in [5, 5.41) is 9.82. The minimum Gasteiger partial charge on any atom is -0.396 e. The number of hydrogen-bond donors (Lipinski definition) is 1. The van der Waals surface area contributed by atoms with Gasteiger partial charge in [-0.3, -0.25) is 4.79 Å². The maximum atomic E-state index is 12.7. The number of aliphatic hydroxyl groups excluding tert-OH is 1. The van der Waals surface area contributed by atoms with Crippen molar-refractivity contribution in [1.29, 1.82) is 0 Å². The molecule has 1 amide bonds. The number of anilines is 1. The molecule has 0 bridgehead atoms. The number of aryl methyl sites for hydroxylation is 1. The fourth-order valence-electron chi connectivity index (χ4n) is 4.04. The van der Waals surface area contributed by atoms with Crippen molar-refractivity contribution >= 4 is 11.6 Å². The van der Waals surface area contributed by atoms with Gasteiger partial charge in [0.1, 0.15) is 0 Å². The average molecular weight is 346 g/mol. The van der Waals surface area contributed by atoms with E-state index in [9.17, 15) is 9.90 Å². The molecule has 0 aliphatic carbocycles. The number of amides is 1. The van der Waals surface area contributed by atoms with Crippen LogP contribution < -0.4 is 4.90 Å². The SMILES string of the molecule is CN(CCC(=O)N1CCCc2ccccc21)CC1(CO)CCOCC1. The van der Waals surface area contributed by atoms with E-state index in [1.165, 1.54) is 5.56 Å². The molecule has 138 valence electrons. The third-order valence-electron chi connectivity index (χ3n) is 5.61. The number of fused-ring (bicyclic) bond motifs is 1. The number of nitrogens with zero attached hydrogens (tertiary/aromatic N) is 2. The Labute approximate surface area is 150 Å². The molecule has 1 N–H and O–H groups in total. The minimum atomic E-state index is -0.0756. The molecule has 1 aromatic carbocycles. The number of carbonyl (C=O) groups is 1. The van der Waals surface area contributed by atoms with Crippen molar-refractivity contribution < 1.29 is 14.6 Å². The van der Waals surface area contributed by atoms with Gasteiger partial charge in [-0.2, -0.15) is 0 Å². The van der Waals surface area contributed by atoms with Gasteiger partial charge in [-0.25, -0.2) is 0 Å². The molecule has 0 atom stereocenters. The highest BCUT2D eigenvalue weighted by Crippen LogP contribution is 2.31. The van der Waals surface area contributed by atoms with Gasteiger partial charge in [0.25, 0.3) is 0 Å². The summed E-state index contributed by atoms with van der Waals surface area (Å²) in [4.78, 5) is 16.9. The van der Waals surface area contributed by atoms with Crippen LogP contribution in [-0.2, 0) is 16.0 Å². The molecule has 0 aromatic heterocycles. The van der Waals surface area contributed by atoms with Crippen LogP contribution in [0.5, 0.6) is 0 Å². The smallest absolute Gasteiger partial charge is 0.228 e. The van der Waals surface area contributed by atoms with Crippen molar-refractivity contribution in [2.24, 2.45) is 5.41 Å². The normalized spacial score (nSPS) is 19.7. The molecule has 2 heterocycles. The number of rotatable bonds is 6. The summed E-state index contributed by atoms with van der Waals surface area (Å²) in [5.41, 5.74) is 2.28. The van der Waals surface area contributed by atoms with E-state index in [1.807, 2.05) is 24.1 Å². The predicted octanol–water partition coefficient (Wildman–Crippen LogP) is 2.08. The van der Waals surface area contributed by atoms with Gasteiger partial charge in [-0.1, -0.05) is 18.2 Å². The minimum absolute atomic E-state index is 0.0756. The first-order valence-electron chi connectivity index (χ1n) is 9.39. The highest BCUT2D eigenvalue weighted by atomic mass is 16.5. The largest absolute Gasteiger partial charge is 0.396 e. The Morgan fingerprint density at radius 2 is 2.08 bits per heavy atom. The number of hydrogen-bond acceptors (Lipinski definition) is 4. The van der Waals surface area contributed by atoms with Crippen LogP contribution in [0.2, 0.25) is 0 Å². The second kappa shape index (κ2) is 8.30. The van der Waals surface area contributed by atoms with E-state index in [2.05, 4.69) is 17.0 Å². The van der Waals surface area contributed by atoms with E-state index in [0.717, 1.165) is 64.2 Å². The molecule has 1 fully saturated rings. The lowest BCUT2D eigenvalue weighted by atomic mass is 9.80. The topological polar surface area (TPSA) is 53.0 Å². The van der Waals surface area contributed by atoms with Crippen LogP contribution in [-0.4, -0.2) is 62.4 Å². The first-order chi connectivity index (χ1) is 12.1. The zero-order valence-corrected chi connectivity index (χ0v) is 15.2. The lowest BCUT2D eigenvalue weighted by molar-refractivity contribution is -0.119. The molecule has 25 heavy (non-hydrogen) atoms. The molecule has 5 nitrogen and oxygen atoms in total. The van der Waals surface area contributed by atoms with E-state index in [-0.39, 0.29) is 17.9 Å². The first kappa shape index (κ1) is 18.4. The monoisotopic (exact) mass is 346 g/mol. The summed E-state index contributed by atoms with van der Waals surface area (Å²) in [6.07, 6.45) is 4.39. The number of para-hydroxylation sites is 1. The van der Waals surface area contributed by atoms with Crippen molar-refractivity contribution in [2.75, 3.05) is 51.4 Å². The van der Waals surface area contributed by atoms with Crippen molar-refractivity contribution in [1.82, 2.24) is 4.90 Å². The van der Waals surface area contributed by atoms with Crippen molar-refractivity contribution in [3.63, 3.8) is 0 Å². The van der Waals surface area contributed by atoms with Crippen molar-refractivity contribution in [2.45, 2.75) is 32.1 Å². The Bertz CT molecular complexity index is 584. The summed E-state index contributed by atoms with van der Waals surface area (Å²) in [6.45, 7) is 3.98. The molecule has 2 aliphatic rings. The summed E-state index contributed by atoms with van der Waals surface area (Å²) in [6, 6.07) is 8.23. The quantitative estimate of drug-likeness (QED) is 0.857. The van der Waals surface area contributed by atoms with Crippen LogP contribution >= 0.6 is 0 Å². The van der Waals surface area contributed by atoms with Gasteiger partial charge < -0.3 is 19.6 Å². The Morgan fingerprint density at radius 1 is 1.32 bits per heavy atom. The third kappa shape index (κ3) is 4.40. The Hall–Kier alpha value is -1.43. The Balaban J connectivity index is 1.54. The van der Waals surface area contributed by atoms with Crippen LogP contribution in [0.1, 0.15) is 31.2 Å². The van der Waals surface area contributed by atoms with Gasteiger partial charge in [-0.15, -0.1) is 0 Å².